The maximum absolute atomic E-state index is 11.9. The van der Waals surface area contributed by atoms with Crippen LogP contribution < -0.4 is 10.6 Å². The number of amides is 2. The molecule has 1 aliphatic rings. The van der Waals surface area contributed by atoms with Gasteiger partial charge in [-0.15, -0.1) is 11.3 Å². The largest absolute Gasteiger partial charge is 0.333 e. The number of carbonyl (C=O) groups is 1. The van der Waals surface area contributed by atoms with E-state index in [9.17, 15) is 4.79 Å². The fourth-order valence-electron chi connectivity index (χ4n) is 1.90. The zero-order valence-corrected chi connectivity index (χ0v) is 13.1. The Morgan fingerprint density at radius 2 is 2.19 bits per heavy atom. The van der Waals surface area contributed by atoms with E-state index in [0.717, 1.165) is 23.5 Å². The molecule has 112 valence electrons. The molecule has 0 aliphatic heterocycles. The van der Waals surface area contributed by atoms with E-state index in [1.807, 2.05) is 32.2 Å². The summed E-state index contributed by atoms with van der Waals surface area (Å²) in [6, 6.07) is 1.59. The maximum atomic E-state index is 11.9. The van der Waals surface area contributed by atoms with Crippen molar-refractivity contribution in [2.24, 2.45) is 0 Å². The third-order valence-electron chi connectivity index (χ3n) is 2.98. The van der Waals surface area contributed by atoms with Gasteiger partial charge in [-0.05, 0) is 45.1 Å². The average Bonchev–Trinajstić information content (AvgIpc) is 2.93. The number of aromatic nitrogens is 2. The first-order valence-corrected chi connectivity index (χ1v) is 7.81. The van der Waals surface area contributed by atoms with E-state index in [1.165, 1.54) is 11.3 Å². The Bertz CT molecular complexity index is 652. The highest BCUT2D eigenvalue weighted by Crippen LogP contribution is 2.40. The summed E-state index contributed by atoms with van der Waals surface area (Å²) in [7, 11) is 0. The summed E-state index contributed by atoms with van der Waals surface area (Å²) in [6.07, 6.45) is 2.25. The van der Waals surface area contributed by atoms with Crippen molar-refractivity contribution in [2.45, 2.75) is 45.1 Å². The maximum Gasteiger partial charge on any atom is 0.319 e. The van der Waals surface area contributed by atoms with Gasteiger partial charge in [0.1, 0.15) is 4.88 Å². The van der Waals surface area contributed by atoms with Gasteiger partial charge < -0.3 is 15.2 Å². The first-order chi connectivity index (χ1) is 9.92. The molecule has 1 aliphatic carbocycles. The van der Waals surface area contributed by atoms with Crippen LogP contribution in [0.15, 0.2) is 16.0 Å². The van der Waals surface area contributed by atoms with Gasteiger partial charge >= 0.3 is 6.03 Å². The minimum absolute atomic E-state index is 0.246. The SMILES string of the molecule is CC(C)(C)NC(=O)Nc1ccsc1-c1nc(C2CC2)no1. The second-order valence-electron chi connectivity index (χ2n) is 6.22. The molecule has 2 aromatic heterocycles. The molecule has 0 bridgehead atoms. The molecule has 1 saturated carbocycles. The fourth-order valence-corrected chi connectivity index (χ4v) is 2.67. The predicted molar refractivity (Wildman–Crippen MR) is 81.5 cm³/mol. The Hall–Kier alpha value is -1.89. The number of nitrogens with zero attached hydrogens (tertiary/aromatic N) is 2. The molecule has 0 unspecified atom stereocenters. The molecule has 0 saturated heterocycles. The Labute approximate surface area is 126 Å². The lowest BCUT2D eigenvalue weighted by Crippen LogP contribution is -2.43. The highest BCUT2D eigenvalue weighted by atomic mass is 32.1. The average molecular weight is 306 g/mol. The summed E-state index contributed by atoms with van der Waals surface area (Å²) in [4.78, 5) is 17.2. The second kappa shape index (κ2) is 5.14. The summed E-state index contributed by atoms with van der Waals surface area (Å²) in [5, 5.41) is 11.6. The molecule has 6 nitrogen and oxygen atoms in total. The highest BCUT2D eigenvalue weighted by molar-refractivity contribution is 7.14. The first-order valence-electron chi connectivity index (χ1n) is 6.93. The van der Waals surface area contributed by atoms with Gasteiger partial charge in [0.2, 0.25) is 0 Å². The lowest BCUT2D eigenvalue weighted by molar-refractivity contribution is 0.244. The minimum Gasteiger partial charge on any atom is -0.333 e. The molecule has 0 radical (unpaired) electrons. The van der Waals surface area contributed by atoms with E-state index in [4.69, 9.17) is 4.52 Å². The van der Waals surface area contributed by atoms with Gasteiger partial charge in [-0.2, -0.15) is 4.98 Å². The fraction of sp³-hybridized carbons (Fsp3) is 0.500. The molecule has 1 fully saturated rings. The van der Waals surface area contributed by atoms with E-state index >= 15 is 0 Å². The molecule has 0 atom stereocenters. The smallest absolute Gasteiger partial charge is 0.319 e. The van der Waals surface area contributed by atoms with Crippen LogP contribution in [-0.4, -0.2) is 21.7 Å². The molecule has 0 spiro atoms. The van der Waals surface area contributed by atoms with Gasteiger partial charge in [-0.3, -0.25) is 0 Å². The number of hydrogen-bond donors (Lipinski definition) is 2. The van der Waals surface area contributed by atoms with Gasteiger partial charge in [0.05, 0.1) is 5.69 Å². The van der Waals surface area contributed by atoms with Crippen LogP contribution in [0.1, 0.15) is 45.4 Å². The van der Waals surface area contributed by atoms with Gasteiger partial charge in [0.25, 0.3) is 5.89 Å². The zero-order valence-electron chi connectivity index (χ0n) is 12.3. The van der Waals surface area contributed by atoms with Crippen LogP contribution in [0.2, 0.25) is 0 Å². The van der Waals surface area contributed by atoms with Crippen molar-refractivity contribution in [3.63, 3.8) is 0 Å². The van der Waals surface area contributed by atoms with Crippen LogP contribution in [-0.2, 0) is 0 Å². The van der Waals surface area contributed by atoms with E-state index in [1.54, 1.807) is 0 Å². The van der Waals surface area contributed by atoms with E-state index < -0.39 is 0 Å². The molecule has 7 heteroatoms. The number of thiophene rings is 1. The van der Waals surface area contributed by atoms with Crippen molar-refractivity contribution in [3.05, 3.63) is 17.3 Å². The summed E-state index contributed by atoms with van der Waals surface area (Å²) >= 11 is 1.47. The van der Waals surface area contributed by atoms with Gasteiger partial charge in [0.15, 0.2) is 5.82 Å². The van der Waals surface area contributed by atoms with Gasteiger partial charge in [0, 0.05) is 11.5 Å². The molecule has 2 N–H and O–H groups in total. The molecule has 0 aromatic carbocycles. The van der Waals surface area contributed by atoms with Crippen LogP contribution in [0.4, 0.5) is 10.5 Å². The van der Waals surface area contributed by atoms with Crippen LogP contribution >= 0.6 is 11.3 Å². The number of anilines is 1. The molecule has 2 aromatic rings. The van der Waals surface area contributed by atoms with Crippen molar-refractivity contribution < 1.29 is 9.32 Å². The van der Waals surface area contributed by atoms with Crippen LogP contribution in [0, 0.1) is 0 Å². The number of urea groups is 1. The topological polar surface area (TPSA) is 80.0 Å². The number of hydrogen-bond acceptors (Lipinski definition) is 5. The lowest BCUT2D eigenvalue weighted by atomic mass is 10.1. The Morgan fingerprint density at radius 1 is 1.43 bits per heavy atom. The quantitative estimate of drug-likeness (QED) is 0.908. The zero-order chi connectivity index (χ0) is 15.0. The first kappa shape index (κ1) is 14.1. The van der Waals surface area contributed by atoms with Crippen molar-refractivity contribution >= 4 is 23.1 Å². The Kier molecular flexibility index (Phi) is 3.44. The normalized spacial score (nSPS) is 15.0. The van der Waals surface area contributed by atoms with Crippen LogP contribution in [0.25, 0.3) is 10.8 Å². The van der Waals surface area contributed by atoms with Crippen molar-refractivity contribution in [2.75, 3.05) is 5.32 Å². The van der Waals surface area contributed by atoms with Crippen molar-refractivity contribution in [1.82, 2.24) is 15.5 Å². The Morgan fingerprint density at radius 3 is 2.86 bits per heavy atom. The third kappa shape index (κ3) is 3.41. The van der Waals surface area contributed by atoms with E-state index in [2.05, 4.69) is 20.8 Å². The lowest BCUT2D eigenvalue weighted by Gasteiger charge is -2.20. The monoisotopic (exact) mass is 306 g/mol. The molecule has 3 rings (SSSR count). The van der Waals surface area contributed by atoms with Crippen LogP contribution in [0.5, 0.6) is 0 Å². The summed E-state index contributed by atoms with van der Waals surface area (Å²) in [6.45, 7) is 5.79. The van der Waals surface area contributed by atoms with Crippen molar-refractivity contribution in [1.29, 1.82) is 0 Å². The van der Waals surface area contributed by atoms with Crippen molar-refractivity contribution in [3.8, 4) is 10.8 Å². The van der Waals surface area contributed by atoms with Gasteiger partial charge in [-0.1, -0.05) is 5.16 Å². The molecular weight excluding hydrogens is 288 g/mol. The summed E-state index contributed by atoms with van der Waals surface area (Å²) in [5.74, 6) is 1.68. The Balaban J connectivity index is 1.75. The third-order valence-corrected chi connectivity index (χ3v) is 3.88. The second-order valence-corrected chi connectivity index (χ2v) is 7.14. The summed E-state index contributed by atoms with van der Waals surface area (Å²) < 4.78 is 5.31. The number of rotatable bonds is 3. The highest BCUT2D eigenvalue weighted by Gasteiger charge is 2.29. The van der Waals surface area contributed by atoms with E-state index in [-0.39, 0.29) is 11.6 Å². The number of nitrogens with one attached hydrogen (secondary N) is 2. The minimum atomic E-state index is -0.288. The molecular formula is C14H18N4O2S. The molecule has 2 amide bonds. The van der Waals surface area contributed by atoms with Gasteiger partial charge in [-0.25, -0.2) is 4.79 Å². The van der Waals surface area contributed by atoms with Crippen LogP contribution in [0.3, 0.4) is 0 Å². The molecule has 2 heterocycles. The standard InChI is InChI=1S/C14H18N4O2S/c1-14(2,3)17-13(19)15-9-6-7-21-10(9)12-16-11(18-20-12)8-4-5-8/h6-8H,4-5H2,1-3H3,(H2,15,17,19). The number of carbonyl (C=O) groups excluding carboxylic acids is 1. The van der Waals surface area contributed by atoms with E-state index in [0.29, 0.717) is 17.5 Å². The molecule has 21 heavy (non-hydrogen) atoms. The predicted octanol–water partition coefficient (Wildman–Crippen LogP) is 3.60. The summed E-state index contributed by atoms with van der Waals surface area (Å²) in [5.41, 5.74) is 0.400.